The molecule has 1 aliphatic heterocycles. The molecule has 5 aliphatic rings. The van der Waals surface area contributed by atoms with Crippen molar-refractivity contribution < 1.29 is 9.53 Å². The number of pyridine rings is 1. The van der Waals surface area contributed by atoms with Gasteiger partial charge in [-0.1, -0.05) is 36.4 Å². The monoisotopic (exact) mass is 630 g/mol. The van der Waals surface area contributed by atoms with Crippen LogP contribution in [0.1, 0.15) is 61.5 Å². The number of benzene rings is 2. The van der Waals surface area contributed by atoms with Gasteiger partial charge in [0.1, 0.15) is 5.75 Å². The molecule has 9 rings (SSSR count). The summed E-state index contributed by atoms with van der Waals surface area (Å²) < 4.78 is 5.71. The van der Waals surface area contributed by atoms with Crippen LogP contribution in [0.3, 0.4) is 0 Å². The summed E-state index contributed by atoms with van der Waals surface area (Å²) in [4.78, 5) is 24.6. The molecule has 5 fully saturated rings. The van der Waals surface area contributed by atoms with Crippen molar-refractivity contribution in [2.24, 2.45) is 23.2 Å². The molecule has 0 unspecified atom stereocenters. The summed E-state index contributed by atoms with van der Waals surface area (Å²) in [7, 11) is 1.96. The molecule has 1 amide bonds. The van der Waals surface area contributed by atoms with Crippen LogP contribution < -0.4 is 9.64 Å². The standard InChI is InChI=1S/C39H46N6O2/c1-3-47-32-19-31(23-40-24-32)34-9-8-30(33-6-4-5-7-35(33)34)25-44-12-14-45(15-13-44)37-11-10-36(41-42-37)38(46)43(2)26-39-20-27-16-28(21-39)18-29(17-27)22-39/h4-11,19,23-24,27-29H,3,12-18,20-22,25-26H2,1-2H3. The topological polar surface area (TPSA) is 74.7 Å². The summed E-state index contributed by atoms with van der Waals surface area (Å²) in [6.07, 6.45) is 11.9. The van der Waals surface area contributed by atoms with Crippen molar-refractivity contribution in [2.45, 2.75) is 52.0 Å². The number of anilines is 1. The van der Waals surface area contributed by atoms with E-state index in [0.29, 0.717) is 17.7 Å². The molecular weight excluding hydrogens is 584 g/mol. The van der Waals surface area contributed by atoms with E-state index in [0.717, 1.165) is 74.2 Å². The van der Waals surface area contributed by atoms with Gasteiger partial charge >= 0.3 is 0 Å². The summed E-state index contributed by atoms with van der Waals surface area (Å²) in [6, 6.07) is 19.1. The van der Waals surface area contributed by atoms with E-state index in [1.807, 2.05) is 37.2 Å². The zero-order valence-electron chi connectivity index (χ0n) is 27.8. The fraction of sp³-hybridized carbons (Fsp3) is 0.487. The first-order valence-electron chi connectivity index (χ1n) is 17.6. The summed E-state index contributed by atoms with van der Waals surface area (Å²) in [5.41, 5.74) is 4.34. The lowest BCUT2D eigenvalue weighted by atomic mass is 9.49. The summed E-state index contributed by atoms with van der Waals surface area (Å²) >= 11 is 0. The molecule has 4 aliphatic carbocycles. The van der Waals surface area contributed by atoms with Gasteiger partial charge in [-0.3, -0.25) is 14.7 Å². The van der Waals surface area contributed by atoms with Crippen molar-refractivity contribution in [1.82, 2.24) is 25.0 Å². The van der Waals surface area contributed by atoms with Gasteiger partial charge in [-0.15, -0.1) is 10.2 Å². The third kappa shape index (κ3) is 6.08. The fourth-order valence-electron chi connectivity index (χ4n) is 9.80. The largest absolute Gasteiger partial charge is 0.492 e. The van der Waals surface area contributed by atoms with E-state index < -0.39 is 0 Å². The number of rotatable bonds is 9. The Morgan fingerprint density at radius 3 is 2.30 bits per heavy atom. The second kappa shape index (κ2) is 12.5. The number of nitrogens with zero attached hydrogens (tertiary/aromatic N) is 6. The molecule has 8 nitrogen and oxygen atoms in total. The molecule has 244 valence electrons. The predicted molar refractivity (Wildman–Crippen MR) is 185 cm³/mol. The van der Waals surface area contributed by atoms with Crippen molar-refractivity contribution in [3.05, 3.63) is 78.2 Å². The van der Waals surface area contributed by atoms with Crippen molar-refractivity contribution in [3.8, 4) is 16.9 Å². The molecule has 3 heterocycles. The lowest BCUT2D eigenvalue weighted by molar-refractivity contribution is -0.0629. The zero-order valence-corrected chi connectivity index (χ0v) is 27.8. The van der Waals surface area contributed by atoms with E-state index in [-0.39, 0.29) is 5.91 Å². The minimum absolute atomic E-state index is 0.00104. The smallest absolute Gasteiger partial charge is 0.274 e. The van der Waals surface area contributed by atoms with E-state index in [1.54, 1.807) is 6.20 Å². The van der Waals surface area contributed by atoms with Crippen LogP contribution in [0.25, 0.3) is 21.9 Å². The molecule has 0 radical (unpaired) electrons. The van der Waals surface area contributed by atoms with Crippen molar-refractivity contribution in [3.63, 3.8) is 0 Å². The van der Waals surface area contributed by atoms with Crippen molar-refractivity contribution in [2.75, 3.05) is 51.3 Å². The van der Waals surface area contributed by atoms with Gasteiger partial charge in [0.2, 0.25) is 0 Å². The van der Waals surface area contributed by atoms with E-state index in [1.165, 1.54) is 60.4 Å². The highest BCUT2D eigenvalue weighted by molar-refractivity contribution is 5.98. The fourth-order valence-corrected chi connectivity index (χ4v) is 9.80. The molecule has 2 aromatic carbocycles. The van der Waals surface area contributed by atoms with Crippen LogP contribution in [-0.4, -0.2) is 77.3 Å². The van der Waals surface area contributed by atoms with Gasteiger partial charge < -0.3 is 14.5 Å². The number of carbonyl (C=O) groups is 1. The highest BCUT2D eigenvalue weighted by Gasteiger charge is 2.51. The zero-order chi connectivity index (χ0) is 32.0. The maximum Gasteiger partial charge on any atom is 0.274 e. The second-order valence-corrected chi connectivity index (χ2v) is 14.8. The Labute approximate surface area is 278 Å². The van der Waals surface area contributed by atoms with Gasteiger partial charge in [0.25, 0.3) is 5.91 Å². The van der Waals surface area contributed by atoms with Gasteiger partial charge in [-0.05, 0) is 109 Å². The van der Waals surface area contributed by atoms with E-state index in [4.69, 9.17) is 4.74 Å². The lowest BCUT2D eigenvalue weighted by Crippen LogP contribution is -2.51. The molecule has 47 heavy (non-hydrogen) atoms. The molecule has 0 N–H and O–H groups in total. The molecule has 2 aromatic heterocycles. The molecule has 1 saturated heterocycles. The number of fused-ring (bicyclic) bond motifs is 1. The highest BCUT2D eigenvalue weighted by Crippen LogP contribution is 2.60. The van der Waals surface area contributed by atoms with Gasteiger partial charge in [-0.25, -0.2) is 0 Å². The molecule has 8 heteroatoms. The van der Waals surface area contributed by atoms with Crippen LogP contribution in [0.15, 0.2) is 67.0 Å². The van der Waals surface area contributed by atoms with Crippen molar-refractivity contribution >= 4 is 22.5 Å². The van der Waals surface area contributed by atoms with Gasteiger partial charge in [-0.2, -0.15) is 0 Å². The van der Waals surface area contributed by atoms with Gasteiger partial charge in [0.05, 0.1) is 12.8 Å². The Bertz CT molecular complexity index is 1710. The number of hydrogen-bond donors (Lipinski definition) is 0. The van der Waals surface area contributed by atoms with Crippen LogP contribution in [0.2, 0.25) is 0 Å². The summed E-state index contributed by atoms with van der Waals surface area (Å²) in [5, 5.41) is 11.5. The Morgan fingerprint density at radius 2 is 1.62 bits per heavy atom. The van der Waals surface area contributed by atoms with E-state index >= 15 is 0 Å². The number of amides is 1. The van der Waals surface area contributed by atoms with Gasteiger partial charge in [0, 0.05) is 58.1 Å². The van der Waals surface area contributed by atoms with Crippen LogP contribution in [0.5, 0.6) is 5.75 Å². The maximum atomic E-state index is 13.4. The maximum absolute atomic E-state index is 13.4. The summed E-state index contributed by atoms with van der Waals surface area (Å²) in [5.74, 6) is 4.30. The predicted octanol–water partition coefficient (Wildman–Crippen LogP) is 6.70. The van der Waals surface area contributed by atoms with E-state index in [2.05, 4.69) is 67.4 Å². The van der Waals surface area contributed by atoms with Crippen LogP contribution in [0.4, 0.5) is 5.82 Å². The third-order valence-electron chi connectivity index (χ3n) is 11.4. The second-order valence-electron chi connectivity index (χ2n) is 14.8. The molecular formula is C39H46N6O2. The quantitative estimate of drug-likeness (QED) is 0.204. The Kier molecular flexibility index (Phi) is 8.08. The molecule has 0 spiro atoms. The molecule has 0 atom stereocenters. The van der Waals surface area contributed by atoms with Crippen LogP contribution >= 0.6 is 0 Å². The number of carbonyl (C=O) groups excluding carboxylic acids is 1. The van der Waals surface area contributed by atoms with E-state index in [9.17, 15) is 4.79 Å². The molecule has 4 aromatic rings. The Hall–Kier alpha value is -4.04. The van der Waals surface area contributed by atoms with Crippen LogP contribution in [-0.2, 0) is 6.54 Å². The Morgan fingerprint density at radius 1 is 0.894 bits per heavy atom. The lowest BCUT2D eigenvalue weighted by Gasteiger charge is -2.57. The highest BCUT2D eigenvalue weighted by atomic mass is 16.5. The average Bonchev–Trinajstić information content (AvgIpc) is 3.08. The summed E-state index contributed by atoms with van der Waals surface area (Å²) in [6.45, 7) is 7.98. The first kappa shape index (κ1) is 30.3. The molecule has 4 bridgehead atoms. The minimum Gasteiger partial charge on any atom is -0.492 e. The number of ether oxygens (including phenoxy) is 1. The first-order valence-corrected chi connectivity index (χ1v) is 17.6. The number of aromatic nitrogens is 3. The average molecular weight is 631 g/mol. The number of hydrogen-bond acceptors (Lipinski definition) is 7. The molecule has 4 saturated carbocycles. The first-order chi connectivity index (χ1) is 22.9. The Balaban J connectivity index is 0.889. The number of piperazine rings is 1. The van der Waals surface area contributed by atoms with Gasteiger partial charge in [0.15, 0.2) is 11.5 Å². The minimum atomic E-state index is 0.00104. The van der Waals surface area contributed by atoms with Crippen LogP contribution in [0, 0.1) is 23.2 Å². The normalized spacial score (nSPS) is 25.3. The van der Waals surface area contributed by atoms with Crippen molar-refractivity contribution in [1.29, 1.82) is 0 Å². The SMILES string of the molecule is CCOc1cncc(-c2ccc(CN3CCN(c4ccc(C(=O)N(C)CC56CC7CC(CC(C7)C5)C6)nn4)CC3)c3ccccc23)c1. The third-order valence-corrected chi connectivity index (χ3v) is 11.4.